The van der Waals surface area contributed by atoms with Crippen LogP contribution in [0, 0.1) is 5.92 Å². The minimum atomic E-state index is -0.182. The second kappa shape index (κ2) is 9.97. The Morgan fingerprint density at radius 1 is 1.19 bits per heavy atom. The van der Waals surface area contributed by atoms with Crippen molar-refractivity contribution in [2.45, 2.75) is 33.2 Å². The molecule has 21 heavy (non-hydrogen) atoms. The average Bonchev–Trinajstić information content (AvgIpc) is 2.51. The Hall–Kier alpha value is -0.850. The van der Waals surface area contributed by atoms with Crippen molar-refractivity contribution in [3.8, 4) is 0 Å². The lowest BCUT2D eigenvalue weighted by molar-refractivity contribution is 0.124. The molecule has 2 amide bonds. The number of nitrogens with zero attached hydrogens (tertiary/aromatic N) is 2. The summed E-state index contributed by atoms with van der Waals surface area (Å²) in [6, 6.07) is -0.332. The van der Waals surface area contributed by atoms with Crippen LogP contribution in [-0.4, -0.2) is 79.4 Å². The fraction of sp³-hybridized carbons (Fsp3) is 0.933. The molecule has 1 fully saturated rings. The van der Waals surface area contributed by atoms with E-state index in [0.29, 0.717) is 12.5 Å². The van der Waals surface area contributed by atoms with E-state index in [2.05, 4.69) is 34.3 Å². The molecular weight excluding hydrogens is 268 g/mol. The Morgan fingerprint density at radius 3 is 2.33 bits per heavy atom. The number of nitrogens with one attached hydrogen (secondary N) is 2. The fourth-order valence-electron chi connectivity index (χ4n) is 2.57. The molecule has 0 bridgehead atoms. The summed E-state index contributed by atoms with van der Waals surface area (Å²) in [7, 11) is 0. The maximum Gasteiger partial charge on any atom is 0.315 e. The number of carbonyl (C=O) groups is 1. The van der Waals surface area contributed by atoms with Gasteiger partial charge in [0, 0.05) is 39.3 Å². The number of piperazine rings is 1. The van der Waals surface area contributed by atoms with Crippen LogP contribution in [0.25, 0.3) is 0 Å². The van der Waals surface area contributed by atoms with Crippen molar-refractivity contribution < 1.29 is 9.90 Å². The molecule has 6 heteroatoms. The highest BCUT2D eigenvalue weighted by Crippen LogP contribution is 2.05. The molecule has 0 spiro atoms. The van der Waals surface area contributed by atoms with Crippen LogP contribution in [0.2, 0.25) is 0 Å². The van der Waals surface area contributed by atoms with Gasteiger partial charge in [-0.1, -0.05) is 20.8 Å². The number of rotatable bonds is 8. The van der Waals surface area contributed by atoms with Crippen molar-refractivity contribution >= 4 is 6.03 Å². The van der Waals surface area contributed by atoms with Gasteiger partial charge in [0.2, 0.25) is 0 Å². The minimum absolute atomic E-state index is 0.0127. The molecule has 1 heterocycles. The van der Waals surface area contributed by atoms with E-state index in [1.165, 1.54) is 0 Å². The quantitative estimate of drug-likeness (QED) is 0.604. The molecule has 2 atom stereocenters. The van der Waals surface area contributed by atoms with Gasteiger partial charge in [-0.3, -0.25) is 0 Å². The number of aliphatic hydroxyl groups excluding tert-OH is 1. The smallest absolute Gasteiger partial charge is 0.315 e. The normalized spacial score (nSPS) is 20.0. The van der Waals surface area contributed by atoms with Gasteiger partial charge in [0.25, 0.3) is 0 Å². The molecule has 1 saturated heterocycles. The van der Waals surface area contributed by atoms with Crippen LogP contribution in [0.1, 0.15) is 27.2 Å². The molecule has 3 N–H and O–H groups in total. The van der Waals surface area contributed by atoms with Crippen molar-refractivity contribution in [2.75, 3.05) is 52.4 Å². The van der Waals surface area contributed by atoms with Gasteiger partial charge >= 0.3 is 6.03 Å². The Morgan fingerprint density at radius 2 is 1.81 bits per heavy atom. The third kappa shape index (κ3) is 7.11. The van der Waals surface area contributed by atoms with Crippen LogP contribution >= 0.6 is 0 Å². The van der Waals surface area contributed by atoms with E-state index in [1.54, 1.807) is 0 Å². The highest BCUT2D eigenvalue weighted by molar-refractivity contribution is 5.74. The first-order valence-electron chi connectivity index (χ1n) is 8.18. The number of aliphatic hydroxyl groups is 1. The molecule has 124 valence electrons. The Balaban J connectivity index is 2.16. The largest absolute Gasteiger partial charge is 0.394 e. The van der Waals surface area contributed by atoms with Gasteiger partial charge in [0.15, 0.2) is 0 Å². The number of carbonyl (C=O) groups excluding carboxylic acids is 1. The van der Waals surface area contributed by atoms with E-state index in [0.717, 1.165) is 45.7 Å². The maximum absolute atomic E-state index is 11.7. The lowest BCUT2D eigenvalue weighted by atomic mass is 10.1. The van der Waals surface area contributed by atoms with E-state index >= 15 is 0 Å². The third-order valence-electron chi connectivity index (χ3n) is 4.14. The Kier molecular flexibility index (Phi) is 8.64. The number of hydrogen-bond acceptors (Lipinski definition) is 4. The standard InChI is InChI=1S/C15H32N4O2/c1-4-14(12-20)17-15(21)16-10-13(3)11-19-8-6-18(5-2)7-9-19/h13-14,20H,4-12H2,1-3H3,(H2,16,17,21). The predicted octanol–water partition coefficient (Wildman–Crippen LogP) is 0.330. The van der Waals surface area contributed by atoms with E-state index < -0.39 is 0 Å². The summed E-state index contributed by atoms with van der Waals surface area (Å²) in [6.45, 7) is 13.6. The highest BCUT2D eigenvalue weighted by Gasteiger charge is 2.17. The second-order valence-corrected chi connectivity index (χ2v) is 5.98. The predicted molar refractivity (Wildman–Crippen MR) is 85.4 cm³/mol. The van der Waals surface area contributed by atoms with Gasteiger partial charge in [-0.2, -0.15) is 0 Å². The van der Waals surface area contributed by atoms with Gasteiger partial charge < -0.3 is 25.5 Å². The van der Waals surface area contributed by atoms with Gasteiger partial charge in [0.05, 0.1) is 12.6 Å². The molecule has 1 rings (SSSR count). The van der Waals surface area contributed by atoms with Crippen molar-refractivity contribution in [1.29, 1.82) is 0 Å². The first kappa shape index (κ1) is 18.2. The maximum atomic E-state index is 11.7. The van der Waals surface area contributed by atoms with Crippen molar-refractivity contribution in [2.24, 2.45) is 5.92 Å². The van der Waals surface area contributed by atoms with Gasteiger partial charge in [-0.15, -0.1) is 0 Å². The molecule has 1 aliphatic heterocycles. The molecule has 0 saturated carbocycles. The SMILES string of the molecule is CCC(CO)NC(=O)NCC(C)CN1CCN(CC)CC1. The second-order valence-electron chi connectivity index (χ2n) is 5.98. The Labute approximate surface area is 128 Å². The molecule has 0 aromatic heterocycles. The van der Waals surface area contributed by atoms with E-state index in [4.69, 9.17) is 5.11 Å². The van der Waals surface area contributed by atoms with Crippen molar-refractivity contribution in [1.82, 2.24) is 20.4 Å². The van der Waals surface area contributed by atoms with Crippen LogP contribution < -0.4 is 10.6 Å². The van der Waals surface area contributed by atoms with E-state index in [9.17, 15) is 4.79 Å². The van der Waals surface area contributed by atoms with E-state index in [1.807, 2.05) is 6.92 Å². The number of amides is 2. The lowest BCUT2D eigenvalue weighted by Gasteiger charge is -2.35. The molecule has 1 aliphatic rings. The number of urea groups is 1. The van der Waals surface area contributed by atoms with Crippen LogP contribution in [0.3, 0.4) is 0 Å². The Bertz CT molecular complexity index is 289. The molecule has 2 unspecified atom stereocenters. The van der Waals surface area contributed by atoms with Gasteiger partial charge in [-0.05, 0) is 18.9 Å². The minimum Gasteiger partial charge on any atom is -0.394 e. The summed E-state index contributed by atoms with van der Waals surface area (Å²) in [4.78, 5) is 16.6. The molecule has 6 nitrogen and oxygen atoms in total. The summed E-state index contributed by atoms with van der Waals surface area (Å²) in [5.41, 5.74) is 0. The topological polar surface area (TPSA) is 67.8 Å². The number of hydrogen-bond donors (Lipinski definition) is 3. The zero-order valence-corrected chi connectivity index (χ0v) is 13.8. The summed E-state index contributed by atoms with van der Waals surface area (Å²) in [5, 5.41) is 14.7. The molecule has 0 aromatic carbocycles. The summed E-state index contributed by atoms with van der Waals surface area (Å²) in [5.74, 6) is 0.429. The first-order chi connectivity index (χ1) is 10.1. The average molecular weight is 300 g/mol. The van der Waals surface area contributed by atoms with Crippen LogP contribution in [0.5, 0.6) is 0 Å². The zero-order valence-electron chi connectivity index (χ0n) is 13.8. The summed E-state index contributed by atoms with van der Waals surface area (Å²) < 4.78 is 0. The van der Waals surface area contributed by atoms with Gasteiger partial charge in [0.1, 0.15) is 0 Å². The lowest BCUT2D eigenvalue weighted by Crippen LogP contribution is -2.49. The fourth-order valence-corrected chi connectivity index (χ4v) is 2.57. The monoisotopic (exact) mass is 300 g/mol. The molecule has 0 radical (unpaired) electrons. The van der Waals surface area contributed by atoms with Gasteiger partial charge in [-0.25, -0.2) is 4.79 Å². The molecular formula is C15H32N4O2. The molecule has 0 aliphatic carbocycles. The zero-order chi connectivity index (χ0) is 15.7. The van der Waals surface area contributed by atoms with Crippen molar-refractivity contribution in [3.05, 3.63) is 0 Å². The summed E-state index contributed by atoms with van der Waals surface area (Å²) >= 11 is 0. The summed E-state index contributed by atoms with van der Waals surface area (Å²) in [6.07, 6.45) is 0.737. The van der Waals surface area contributed by atoms with Crippen LogP contribution in [-0.2, 0) is 0 Å². The van der Waals surface area contributed by atoms with Crippen LogP contribution in [0.4, 0.5) is 4.79 Å². The first-order valence-corrected chi connectivity index (χ1v) is 8.18. The van der Waals surface area contributed by atoms with Crippen molar-refractivity contribution in [3.63, 3.8) is 0 Å². The van der Waals surface area contributed by atoms with Crippen LogP contribution in [0.15, 0.2) is 0 Å². The van der Waals surface area contributed by atoms with E-state index in [-0.39, 0.29) is 18.7 Å². The third-order valence-corrected chi connectivity index (χ3v) is 4.14. The highest BCUT2D eigenvalue weighted by atomic mass is 16.3. The number of likely N-dealkylation sites (N-methyl/N-ethyl adjacent to an activating group) is 1. The molecule has 0 aromatic rings.